The van der Waals surface area contributed by atoms with Gasteiger partial charge in [-0.25, -0.2) is 9.07 Å². The van der Waals surface area contributed by atoms with Crippen molar-refractivity contribution in [1.29, 1.82) is 0 Å². The summed E-state index contributed by atoms with van der Waals surface area (Å²) in [5.74, 6) is 0.276. The summed E-state index contributed by atoms with van der Waals surface area (Å²) in [7, 11) is 1.69. The number of halogens is 1. The van der Waals surface area contributed by atoms with E-state index in [9.17, 15) is 4.39 Å². The molecule has 6 rings (SSSR count). The van der Waals surface area contributed by atoms with Crippen LogP contribution in [0, 0.1) is 11.7 Å². The molecule has 0 amide bonds. The summed E-state index contributed by atoms with van der Waals surface area (Å²) in [4.78, 5) is 4.75. The number of pyridine rings is 1. The first-order valence-corrected chi connectivity index (χ1v) is 12.9. The highest BCUT2D eigenvalue weighted by Crippen LogP contribution is 2.52. The van der Waals surface area contributed by atoms with Crippen LogP contribution in [0.25, 0.3) is 16.6 Å². The van der Waals surface area contributed by atoms with Crippen LogP contribution < -0.4 is 0 Å². The number of fused-ring (bicyclic) bond motifs is 4. The molecule has 0 spiro atoms. The molecular formula is C30H32FN3O2. The van der Waals surface area contributed by atoms with Crippen molar-refractivity contribution in [1.82, 2.24) is 14.8 Å². The molecule has 36 heavy (non-hydrogen) atoms. The van der Waals surface area contributed by atoms with Gasteiger partial charge in [0.1, 0.15) is 12.6 Å². The van der Waals surface area contributed by atoms with E-state index in [1.807, 2.05) is 23.1 Å². The molecule has 1 fully saturated rings. The molecule has 0 N–H and O–H groups in total. The zero-order valence-corrected chi connectivity index (χ0v) is 20.7. The maximum Gasteiger partial charge on any atom is 0.146 e. The fourth-order valence-electron chi connectivity index (χ4n) is 6.62. The van der Waals surface area contributed by atoms with Gasteiger partial charge < -0.3 is 9.47 Å². The molecule has 2 aromatic heterocycles. The van der Waals surface area contributed by atoms with Gasteiger partial charge in [0, 0.05) is 29.8 Å². The Morgan fingerprint density at radius 2 is 2.00 bits per heavy atom. The summed E-state index contributed by atoms with van der Waals surface area (Å²) < 4.78 is 26.7. The number of rotatable bonds is 6. The molecule has 3 unspecified atom stereocenters. The van der Waals surface area contributed by atoms with Crippen LogP contribution in [0.4, 0.5) is 4.39 Å². The third-order valence-corrected chi connectivity index (χ3v) is 8.28. The molecule has 186 valence electrons. The third-order valence-electron chi connectivity index (χ3n) is 8.28. The maximum atomic E-state index is 13.5. The Balaban J connectivity index is 1.45. The number of nitrogens with zero attached hydrogens (tertiary/aromatic N) is 3. The van der Waals surface area contributed by atoms with Crippen molar-refractivity contribution < 1.29 is 13.9 Å². The predicted molar refractivity (Wildman–Crippen MR) is 138 cm³/mol. The van der Waals surface area contributed by atoms with Gasteiger partial charge in [-0.2, -0.15) is 5.10 Å². The molecular weight excluding hydrogens is 453 g/mol. The minimum absolute atomic E-state index is 0.0132. The van der Waals surface area contributed by atoms with Crippen molar-refractivity contribution in [2.45, 2.75) is 56.5 Å². The van der Waals surface area contributed by atoms with Gasteiger partial charge in [0.25, 0.3) is 0 Å². The Kier molecular flexibility index (Phi) is 6.32. The van der Waals surface area contributed by atoms with Gasteiger partial charge in [0.15, 0.2) is 0 Å². The molecule has 0 bridgehead atoms. The van der Waals surface area contributed by atoms with Gasteiger partial charge in [0.2, 0.25) is 0 Å². The quantitative estimate of drug-likeness (QED) is 0.307. The number of aromatic nitrogens is 3. The first-order chi connectivity index (χ1) is 17.7. The SMILES string of the molecule is COCOC1CCC2(Cc3ccccn3)c3cc4cnn(-c5ccc(F)cc5)c4cc3CCCC2C1. The highest BCUT2D eigenvalue weighted by atomic mass is 19.1. The van der Waals surface area contributed by atoms with Crippen LogP contribution in [0.3, 0.4) is 0 Å². The third kappa shape index (κ3) is 4.22. The Bertz CT molecular complexity index is 1340. The van der Waals surface area contributed by atoms with E-state index in [1.165, 1.54) is 29.7 Å². The molecule has 2 aliphatic rings. The van der Waals surface area contributed by atoms with E-state index in [1.54, 1.807) is 19.2 Å². The lowest BCUT2D eigenvalue weighted by atomic mass is 9.59. The largest absolute Gasteiger partial charge is 0.359 e. The average Bonchev–Trinajstić information content (AvgIpc) is 3.25. The Morgan fingerprint density at radius 3 is 2.81 bits per heavy atom. The van der Waals surface area contributed by atoms with E-state index in [0.717, 1.165) is 60.8 Å². The average molecular weight is 486 g/mol. The molecule has 0 radical (unpaired) electrons. The van der Waals surface area contributed by atoms with Crippen LogP contribution >= 0.6 is 0 Å². The van der Waals surface area contributed by atoms with Crippen LogP contribution in [0.15, 0.2) is 67.0 Å². The Morgan fingerprint density at radius 1 is 1.11 bits per heavy atom. The van der Waals surface area contributed by atoms with Crippen molar-refractivity contribution in [3.63, 3.8) is 0 Å². The minimum atomic E-state index is -0.239. The lowest BCUT2D eigenvalue weighted by Gasteiger charge is -2.47. The fraction of sp³-hybridized carbons (Fsp3) is 0.400. The lowest BCUT2D eigenvalue weighted by molar-refractivity contribution is -0.0984. The van der Waals surface area contributed by atoms with Gasteiger partial charge in [0.05, 0.1) is 23.5 Å². The molecule has 1 saturated carbocycles. The van der Waals surface area contributed by atoms with Crippen LogP contribution in [0.2, 0.25) is 0 Å². The predicted octanol–water partition coefficient (Wildman–Crippen LogP) is 6.17. The van der Waals surface area contributed by atoms with Gasteiger partial charge in [-0.3, -0.25) is 4.98 Å². The number of benzene rings is 2. The van der Waals surface area contributed by atoms with Crippen LogP contribution in [0.1, 0.15) is 48.9 Å². The van der Waals surface area contributed by atoms with Gasteiger partial charge >= 0.3 is 0 Å². The Labute approximate surface area is 211 Å². The fourth-order valence-corrected chi connectivity index (χ4v) is 6.62. The maximum absolute atomic E-state index is 13.5. The second-order valence-corrected chi connectivity index (χ2v) is 10.3. The Hall–Kier alpha value is -3.09. The molecule has 2 aromatic carbocycles. The summed E-state index contributed by atoms with van der Waals surface area (Å²) in [6, 6.07) is 17.5. The molecule has 6 heteroatoms. The number of hydrogen-bond acceptors (Lipinski definition) is 4. The minimum Gasteiger partial charge on any atom is -0.359 e. The van der Waals surface area contributed by atoms with E-state index >= 15 is 0 Å². The molecule has 4 aromatic rings. The molecule has 0 aliphatic heterocycles. The first-order valence-electron chi connectivity index (χ1n) is 12.9. The highest BCUT2D eigenvalue weighted by molar-refractivity contribution is 5.82. The van der Waals surface area contributed by atoms with Crippen molar-refractivity contribution in [2.75, 3.05) is 13.9 Å². The van der Waals surface area contributed by atoms with Crippen LogP contribution in [0.5, 0.6) is 0 Å². The summed E-state index contributed by atoms with van der Waals surface area (Å²) in [6.45, 7) is 0.352. The van der Waals surface area contributed by atoms with Crippen molar-refractivity contribution in [2.24, 2.45) is 5.92 Å². The van der Waals surface area contributed by atoms with Crippen molar-refractivity contribution >= 4 is 10.9 Å². The van der Waals surface area contributed by atoms with Crippen LogP contribution in [-0.4, -0.2) is 34.8 Å². The number of aryl methyl sites for hydroxylation is 1. The van der Waals surface area contributed by atoms with E-state index in [-0.39, 0.29) is 17.3 Å². The van der Waals surface area contributed by atoms with E-state index < -0.39 is 0 Å². The van der Waals surface area contributed by atoms with Crippen LogP contribution in [-0.2, 0) is 27.7 Å². The monoisotopic (exact) mass is 485 g/mol. The van der Waals surface area contributed by atoms with E-state index in [2.05, 4.69) is 24.3 Å². The van der Waals surface area contributed by atoms with Gasteiger partial charge in [-0.1, -0.05) is 6.07 Å². The number of ether oxygens (including phenoxy) is 2. The summed E-state index contributed by atoms with van der Waals surface area (Å²) in [5, 5.41) is 5.82. The molecule has 5 nitrogen and oxygen atoms in total. The smallest absolute Gasteiger partial charge is 0.146 e. The standard InChI is InChI=1S/C30H32FN3O2/c1-35-20-36-27-12-13-30(18-25-7-2-3-14-32-25)23(17-27)6-4-5-21-16-29-22(15-28(21)30)19-33-34(29)26-10-8-24(31)9-11-26/h2-3,7-11,14-16,19,23,27H,4-6,12-13,17-18,20H2,1H3. The summed E-state index contributed by atoms with van der Waals surface area (Å²) in [5.41, 5.74) is 5.96. The molecule has 3 atom stereocenters. The second-order valence-electron chi connectivity index (χ2n) is 10.3. The van der Waals surface area contributed by atoms with E-state index in [4.69, 9.17) is 19.6 Å². The summed E-state index contributed by atoms with van der Waals surface area (Å²) >= 11 is 0. The topological polar surface area (TPSA) is 49.2 Å². The molecule has 2 aliphatic carbocycles. The first kappa shape index (κ1) is 23.3. The highest BCUT2D eigenvalue weighted by Gasteiger charge is 2.47. The van der Waals surface area contributed by atoms with E-state index in [0.29, 0.717) is 12.7 Å². The summed E-state index contributed by atoms with van der Waals surface area (Å²) in [6.07, 6.45) is 11.5. The van der Waals surface area contributed by atoms with Crippen molar-refractivity contribution in [3.8, 4) is 5.69 Å². The number of hydrogen-bond donors (Lipinski definition) is 0. The normalized spacial score (nSPS) is 23.7. The lowest BCUT2D eigenvalue weighted by Crippen LogP contribution is -2.44. The van der Waals surface area contributed by atoms with Crippen molar-refractivity contribution in [3.05, 3.63) is 89.6 Å². The number of methoxy groups -OCH3 is 1. The zero-order chi connectivity index (χ0) is 24.5. The molecule has 2 heterocycles. The van der Waals surface area contributed by atoms with Gasteiger partial charge in [-0.05, 0) is 111 Å². The molecule has 0 saturated heterocycles. The second kappa shape index (κ2) is 9.75. The zero-order valence-electron chi connectivity index (χ0n) is 20.7. The van der Waals surface area contributed by atoms with Gasteiger partial charge in [-0.15, -0.1) is 0 Å².